The summed E-state index contributed by atoms with van der Waals surface area (Å²) in [6, 6.07) is 8.55. The zero-order valence-corrected chi connectivity index (χ0v) is 20.8. The number of nitrogens with one attached hydrogen (secondary N) is 1. The maximum atomic E-state index is 13.0. The van der Waals surface area contributed by atoms with Gasteiger partial charge in [-0.05, 0) is 62.5 Å². The molecule has 0 saturated carbocycles. The van der Waals surface area contributed by atoms with Crippen molar-refractivity contribution in [3.05, 3.63) is 35.4 Å². The fourth-order valence-corrected chi connectivity index (χ4v) is 5.19. The van der Waals surface area contributed by atoms with Gasteiger partial charge in [0.1, 0.15) is 5.82 Å². The SMILES string of the molecule is CN1CCN(c2cc(-c3ccc4c(c3)CN(C(=O)CC3CCNCC3)CC4)nc(N)n2)CC1.Cl. The lowest BCUT2D eigenvalue weighted by molar-refractivity contribution is -0.133. The van der Waals surface area contributed by atoms with Crippen LogP contribution < -0.4 is 16.0 Å². The van der Waals surface area contributed by atoms with Crippen molar-refractivity contribution >= 4 is 30.1 Å². The molecule has 0 bridgehead atoms. The van der Waals surface area contributed by atoms with Gasteiger partial charge < -0.3 is 25.8 Å². The van der Waals surface area contributed by atoms with Crippen LogP contribution in [-0.2, 0) is 17.8 Å². The molecule has 0 unspecified atom stereocenters. The minimum atomic E-state index is 0. The number of hydrogen-bond donors (Lipinski definition) is 2. The highest BCUT2D eigenvalue weighted by Crippen LogP contribution is 2.29. The third-order valence-electron chi connectivity index (χ3n) is 7.35. The summed E-state index contributed by atoms with van der Waals surface area (Å²) in [4.78, 5) is 28.7. The fraction of sp³-hybridized carbons (Fsp3) is 0.560. The maximum Gasteiger partial charge on any atom is 0.223 e. The van der Waals surface area contributed by atoms with Crippen LogP contribution in [0.2, 0.25) is 0 Å². The summed E-state index contributed by atoms with van der Waals surface area (Å²) in [5, 5.41) is 3.38. The lowest BCUT2D eigenvalue weighted by atomic mass is 9.92. The second-order valence-electron chi connectivity index (χ2n) is 9.71. The topological polar surface area (TPSA) is 90.6 Å². The molecule has 0 aliphatic carbocycles. The normalized spacial score (nSPS) is 19.4. The molecule has 3 N–H and O–H groups in total. The van der Waals surface area contributed by atoms with E-state index in [2.05, 4.69) is 50.3 Å². The smallest absolute Gasteiger partial charge is 0.223 e. The summed E-state index contributed by atoms with van der Waals surface area (Å²) >= 11 is 0. The van der Waals surface area contributed by atoms with E-state index in [1.54, 1.807) is 0 Å². The molecule has 1 aromatic heterocycles. The lowest BCUT2D eigenvalue weighted by Crippen LogP contribution is -2.44. The molecule has 0 radical (unpaired) electrons. The van der Waals surface area contributed by atoms with Crippen LogP contribution in [0.4, 0.5) is 11.8 Å². The molecule has 2 saturated heterocycles. The lowest BCUT2D eigenvalue weighted by Gasteiger charge is -2.33. The van der Waals surface area contributed by atoms with E-state index < -0.39 is 0 Å². The maximum absolute atomic E-state index is 13.0. The number of piperidine rings is 1. The predicted molar refractivity (Wildman–Crippen MR) is 138 cm³/mol. The van der Waals surface area contributed by atoms with Crippen LogP contribution >= 0.6 is 12.4 Å². The monoisotopic (exact) mass is 485 g/mol. The number of nitrogens with zero attached hydrogens (tertiary/aromatic N) is 5. The van der Waals surface area contributed by atoms with Crippen LogP contribution in [0.25, 0.3) is 11.3 Å². The summed E-state index contributed by atoms with van der Waals surface area (Å²) in [5.74, 6) is 2.00. The van der Waals surface area contributed by atoms with E-state index in [1.807, 2.05) is 11.0 Å². The van der Waals surface area contributed by atoms with E-state index in [0.29, 0.717) is 30.7 Å². The summed E-state index contributed by atoms with van der Waals surface area (Å²) in [6.45, 7) is 7.45. The van der Waals surface area contributed by atoms with Gasteiger partial charge in [-0.1, -0.05) is 12.1 Å². The molecule has 34 heavy (non-hydrogen) atoms. The summed E-state index contributed by atoms with van der Waals surface area (Å²) in [6.07, 6.45) is 3.79. The number of hydrogen-bond acceptors (Lipinski definition) is 7. The summed E-state index contributed by atoms with van der Waals surface area (Å²) < 4.78 is 0. The first-order valence-electron chi connectivity index (χ1n) is 12.2. The number of carbonyl (C=O) groups excluding carboxylic acids is 1. The quantitative estimate of drug-likeness (QED) is 0.685. The Labute approximate surface area is 208 Å². The Kier molecular flexibility index (Phi) is 7.91. The molecule has 8 nitrogen and oxygen atoms in total. The molecule has 2 fully saturated rings. The Morgan fingerprint density at radius 2 is 1.82 bits per heavy atom. The molecule has 2 aromatic rings. The van der Waals surface area contributed by atoms with Crippen molar-refractivity contribution in [2.45, 2.75) is 32.2 Å². The van der Waals surface area contributed by atoms with E-state index in [1.165, 1.54) is 11.1 Å². The number of anilines is 2. The Hall–Kier alpha value is -2.42. The van der Waals surface area contributed by atoms with Gasteiger partial charge in [-0.3, -0.25) is 4.79 Å². The summed E-state index contributed by atoms with van der Waals surface area (Å²) in [5.41, 5.74) is 10.5. The Morgan fingerprint density at radius 3 is 2.59 bits per heavy atom. The van der Waals surface area contributed by atoms with Crippen molar-refractivity contribution in [2.24, 2.45) is 5.92 Å². The number of nitrogens with two attached hydrogens (primary N) is 1. The summed E-state index contributed by atoms with van der Waals surface area (Å²) in [7, 11) is 2.14. The van der Waals surface area contributed by atoms with Crippen molar-refractivity contribution in [1.82, 2.24) is 25.1 Å². The molecular formula is C25H36ClN7O. The third kappa shape index (κ3) is 5.62. The van der Waals surface area contributed by atoms with Crippen LogP contribution in [-0.4, -0.2) is 78.5 Å². The van der Waals surface area contributed by atoms with Crippen LogP contribution in [0.5, 0.6) is 0 Å². The molecule has 1 aromatic carbocycles. The average molecular weight is 486 g/mol. The first-order valence-corrected chi connectivity index (χ1v) is 12.2. The first kappa shape index (κ1) is 24.7. The third-order valence-corrected chi connectivity index (χ3v) is 7.35. The average Bonchev–Trinajstić information content (AvgIpc) is 2.84. The fourth-order valence-electron chi connectivity index (χ4n) is 5.19. The number of rotatable bonds is 4. The minimum absolute atomic E-state index is 0. The van der Waals surface area contributed by atoms with Crippen LogP contribution in [0.15, 0.2) is 24.3 Å². The van der Waals surface area contributed by atoms with E-state index in [0.717, 1.165) is 82.2 Å². The highest BCUT2D eigenvalue weighted by Gasteiger charge is 2.25. The number of benzene rings is 1. The van der Waals surface area contributed by atoms with Crippen molar-refractivity contribution in [1.29, 1.82) is 0 Å². The molecule has 0 atom stereocenters. The zero-order chi connectivity index (χ0) is 22.8. The van der Waals surface area contributed by atoms with Gasteiger partial charge in [0.05, 0.1) is 5.69 Å². The number of piperazine rings is 1. The van der Waals surface area contributed by atoms with Crippen molar-refractivity contribution in [3.8, 4) is 11.3 Å². The molecule has 0 spiro atoms. The van der Waals surface area contributed by atoms with Crippen molar-refractivity contribution in [3.63, 3.8) is 0 Å². The van der Waals surface area contributed by atoms with E-state index in [4.69, 9.17) is 5.73 Å². The second kappa shape index (κ2) is 10.9. The van der Waals surface area contributed by atoms with Crippen LogP contribution in [0, 0.1) is 5.92 Å². The number of amides is 1. The molecular weight excluding hydrogens is 450 g/mol. The predicted octanol–water partition coefficient (Wildman–Crippen LogP) is 2.17. The minimum Gasteiger partial charge on any atom is -0.368 e. The number of aromatic nitrogens is 2. The Morgan fingerprint density at radius 1 is 1.06 bits per heavy atom. The molecule has 3 aliphatic heterocycles. The van der Waals surface area contributed by atoms with Gasteiger partial charge in [0.15, 0.2) is 0 Å². The molecule has 5 rings (SSSR count). The van der Waals surface area contributed by atoms with Crippen molar-refractivity contribution in [2.75, 3.05) is 63.5 Å². The van der Waals surface area contributed by atoms with Crippen molar-refractivity contribution < 1.29 is 4.79 Å². The van der Waals surface area contributed by atoms with Gasteiger partial charge >= 0.3 is 0 Å². The number of carbonyl (C=O) groups is 1. The first-order chi connectivity index (χ1) is 16.0. The largest absolute Gasteiger partial charge is 0.368 e. The van der Waals surface area contributed by atoms with Crippen LogP contribution in [0.1, 0.15) is 30.4 Å². The van der Waals surface area contributed by atoms with Gasteiger partial charge in [-0.25, -0.2) is 4.98 Å². The standard InChI is InChI=1S/C25H35N7O.ClH/c1-30-10-12-31(13-11-30)23-16-22(28-25(26)29-23)20-3-2-19-6-9-32(17-21(19)15-20)24(33)14-18-4-7-27-8-5-18;/h2-3,15-16,18,27H,4-14,17H2,1H3,(H2,26,28,29);1H. The second-order valence-corrected chi connectivity index (χ2v) is 9.71. The number of likely N-dealkylation sites (N-methyl/N-ethyl adjacent to an activating group) is 1. The molecule has 184 valence electrons. The Bertz CT molecular complexity index is 1000. The van der Waals surface area contributed by atoms with E-state index in [9.17, 15) is 4.79 Å². The van der Waals surface area contributed by atoms with Crippen LogP contribution in [0.3, 0.4) is 0 Å². The number of nitrogen functional groups attached to an aromatic ring is 1. The molecule has 3 aliphatic rings. The molecule has 9 heteroatoms. The Balaban J connectivity index is 0.00000274. The van der Waals surface area contributed by atoms with E-state index >= 15 is 0 Å². The van der Waals surface area contributed by atoms with Gasteiger partial charge in [0.25, 0.3) is 0 Å². The highest BCUT2D eigenvalue weighted by atomic mass is 35.5. The van der Waals surface area contributed by atoms with E-state index in [-0.39, 0.29) is 12.4 Å². The molecule has 4 heterocycles. The molecule has 1 amide bonds. The van der Waals surface area contributed by atoms with Gasteiger partial charge in [0.2, 0.25) is 11.9 Å². The van der Waals surface area contributed by atoms with Gasteiger partial charge in [-0.15, -0.1) is 12.4 Å². The number of halogens is 1. The van der Waals surface area contributed by atoms with Gasteiger partial charge in [-0.2, -0.15) is 4.98 Å². The number of fused-ring (bicyclic) bond motifs is 1. The van der Waals surface area contributed by atoms with Gasteiger partial charge in [0, 0.05) is 57.3 Å². The highest BCUT2D eigenvalue weighted by molar-refractivity contribution is 5.85. The zero-order valence-electron chi connectivity index (χ0n) is 20.0.